The van der Waals surface area contributed by atoms with E-state index in [1.165, 1.54) is 0 Å². The molecule has 1 N–H and O–H groups in total. The van der Waals surface area contributed by atoms with Crippen molar-refractivity contribution in [1.29, 1.82) is 0 Å². The van der Waals surface area contributed by atoms with Crippen LogP contribution < -0.4 is 0 Å². The average molecular weight is 346 g/mol. The maximum Gasteiger partial charge on any atom is 0.303 e. The lowest BCUT2D eigenvalue weighted by Crippen LogP contribution is -2.55. The van der Waals surface area contributed by atoms with Crippen molar-refractivity contribution in [1.82, 2.24) is 9.80 Å². The molecular weight excluding hydrogens is 320 g/mol. The van der Waals surface area contributed by atoms with Crippen molar-refractivity contribution in [3.8, 4) is 0 Å². The maximum absolute atomic E-state index is 13.3. The van der Waals surface area contributed by atoms with E-state index in [2.05, 4.69) is 0 Å². The molecule has 0 spiro atoms. The predicted molar refractivity (Wildman–Crippen MR) is 93.9 cm³/mol. The number of carboxylic acids is 1. The monoisotopic (exact) mass is 346 g/mol. The van der Waals surface area contributed by atoms with Gasteiger partial charge >= 0.3 is 5.97 Å². The van der Waals surface area contributed by atoms with E-state index in [-0.39, 0.29) is 30.1 Å². The minimum atomic E-state index is -1.18. The second-order valence-electron chi connectivity index (χ2n) is 7.86. The molecule has 1 heterocycles. The molecule has 2 atom stereocenters. The van der Waals surface area contributed by atoms with Gasteiger partial charge in [0.05, 0.1) is 0 Å². The van der Waals surface area contributed by atoms with Gasteiger partial charge in [0, 0.05) is 24.4 Å². The fourth-order valence-electron chi connectivity index (χ4n) is 3.64. The zero-order valence-electron chi connectivity index (χ0n) is 15.4. The van der Waals surface area contributed by atoms with Crippen LogP contribution in [-0.4, -0.2) is 51.4 Å². The molecule has 0 bridgehead atoms. The third-order valence-corrected chi connectivity index (χ3v) is 4.76. The first kappa shape index (κ1) is 19.0. The molecule has 0 aromatic heterocycles. The van der Waals surface area contributed by atoms with Crippen molar-refractivity contribution in [2.75, 3.05) is 7.05 Å². The summed E-state index contributed by atoms with van der Waals surface area (Å²) in [5.41, 5.74) is -1.07. The topological polar surface area (TPSA) is 77.9 Å². The number of carbonyl (C=O) groups excluding carboxylic acids is 2. The fourth-order valence-corrected chi connectivity index (χ4v) is 3.64. The van der Waals surface area contributed by atoms with Crippen LogP contribution in [0.5, 0.6) is 0 Å². The maximum atomic E-state index is 13.3. The van der Waals surface area contributed by atoms with E-state index >= 15 is 0 Å². The van der Waals surface area contributed by atoms with Gasteiger partial charge in [-0.05, 0) is 25.5 Å². The molecule has 6 heteroatoms. The predicted octanol–water partition coefficient (Wildman–Crippen LogP) is 2.60. The molecular formula is C19H26N2O4. The van der Waals surface area contributed by atoms with Crippen molar-refractivity contribution >= 4 is 17.8 Å². The summed E-state index contributed by atoms with van der Waals surface area (Å²) >= 11 is 0. The highest BCUT2D eigenvalue weighted by Gasteiger charge is 2.58. The van der Waals surface area contributed by atoms with E-state index in [4.69, 9.17) is 5.11 Å². The first-order chi connectivity index (χ1) is 11.5. The van der Waals surface area contributed by atoms with Gasteiger partial charge in [0.1, 0.15) is 11.7 Å². The molecule has 2 rings (SSSR count). The fraction of sp³-hybridized carbons (Fsp3) is 0.526. The Kier molecular flexibility index (Phi) is 4.93. The zero-order chi connectivity index (χ0) is 19.0. The van der Waals surface area contributed by atoms with E-state index in [9.17, 15) is 14.4 Å². The van der Waals surface area contributed by atoms with Gasteiger partial charge < -0.3 is 14.9 Å². The van der Waals surface area contributed by atoms with Gasteiger partial charge in [-0.1, -0.05) is 39.0 Å². The first-order valence-electron chi connectivity index (χ1n) is 8.38. The minimum Gasteiger partial charge on any atom is -0.481 e. The largest absolute Gasteiger partial charge is 0.481 e. The van der Waals surface area contributed by atoms with Crippen LogP contribution in [0.2, 0.25) is 0 Å². The SMILES string of the molecule is CN1C(=O)C(C)(CCC(=O)O)N(C(=O)c2ccccc2)C1C(C)(C)C. The molecule has 1 aromatic rings. The molecule has 136 valence electrons. The number of rotatable bonds is 4. The van der Waals surface area contributed by atoms with E-state index in [1.54, 1.807) is 48.0 Å². The lowest BCUT2D eigenvalue weighted by molar-refractivity contribution is -0.138. The minimum absolute atomic E-state index is 0.0800. The quantitative estimate of drug-likeness (QED) is 0.909. The molecule has 1 aromatic carbocycles. The molecule has 6 nitrogen and oxygen atoms in total. The van der Waals surface area contributed by atoms with E-state index in [1.807, 2.05) is 26.8 Å². The van der Waals surface area contributed by atoms with Crippen LogP contribution in [0.3, 0.4) is 0 Å². The molecule has 1 aliphatic heterocycles. The Hall–Kier alpha value is -2.37. The van der Waals surface area contributed by atoms with Crippen molar-refractivity contribution in [2.45, 2.75) is 52.2 Å². The van der Waals surface area contributed by atoms with Crippen LogP contribution in [0.1, 0.15) is 50.9 Å². The van der Waals surface area contributed by atoms with Gasteiger partial charge in [-0.2, -0.15) is 0 Å². The number of nitrogens with zero attached hydrogens (tertiary/aromatic N) is 2. The van der Waals surface area contributed by atoms with Crippen molar-refractivity contribution in [2.24, 2.45) is 5.41 Å². The first-order valence-corrected chi connectivity index (χ1v) is 8.38. The van der Waals surface area contributed by atoms with Crippen molar-refractivity contribution in [3.63, 3.8) is 0 Å². The number of hydrogen-bond donors (Lipinski definition) is 1. The van der Waals surface area contributed by atoms with Crippen LogP contribution in [0.25, 0.3) is 0 Å². The molecule has 1 saturated heterocycles. The van der Waals surface area contributed by atoms with Crippen LogP contribution >= 0.6 is 0 Å². The molecule has 25 heavy (non-hydrogen) atoms. The Bertz CT molecular complexity index is 680. The molecule has 0 radical (unpaired) electrons. The van der Waals surface area contributed by atoms with Gasteiger partial charge in [0.15, 0.2) is 0 Å². The Labute approximate surface area is 148 Å². The summed E-state index contributed by atoms with van der Waals surface area (Å²) in [6.07, 6.45) is -0.547. The number of benzene rings is 1. The Morgan fingerprint density at radius 3 is 2.24 bits per heavy atom. The smallest absolute Gasteiger partial charge is 0.303 e. The molecule has 1 fully saturated rings. The Morgan fingerprint density at radius 2 is 1.76 bits per heavy atom. The summed E-state index contributed by atoms with van der Waals surface area (Å²) in [4.78, 5) is 40.5. The lowest BCUT2D eigenvalue weighted by atomic mass is 9.88. The van der Waals surface area contributed by atoms with E-state index < -0.39 is 17.7 Å². The number of likely N-dealkylation sites (N-methyl/N-ethyl adjacent to an activating group) is 1. The van der Waals surface area contributed by atoms with Gasteiger partial charge in [0.2, 0.25) is 5.91 Å². The average Bonchev–Trinajstić information content (AvgIpc) is 2.74. The Morgan fingerprint density at radius 1 is 1.20 bits per heavy atom. The Balaban J connectivity index is 2.54. The lowest BCUT2D eigenvalue weighted by Gasteiger charge is -2.41. The standard InChI is InChI=1S/C19H26N2O4/c1-18(2,3)16-20(5)17(25)19(4,12-11-14(22)23)21(16)15(24)13-9-7-6-8-10-13/h6-10,16H,11-12H2,1-5H3,(H,22,23). The summed E-state index contributed by atoms with van der Waals surface area (Å²) in [5, 5.41) is 9.08. The molecule has 2 unspecified atom stereocenters. The van der Waals surface area contributed by atoms with Crippen LogP contribution in [0, 0.1) is 5.41 Å². The van der Waals surface area contributed by atoms with Gasteiger partial charge in [-0.25, -0.2) is 0 Å². The summed E-state index contributed by atoms with van der Waals surface area (Å²) < 4.78 is 0. The van der Waals surface area contributed by atoms with Gasteiger partial charge in [-0.15, -0.1) is 0 Å². The van der Waals surface area contributed by atoms with Crippen LogP contribution in [0.15, 0.2) is 30.3 Å². The zero-order valence-corrected chi connectivity index (χ0v) is 15.4. The van der Waals surface area contributed by atoms with Gasteiger partial charge in [-0.3, -0.25) is 14.4 Å². The molecule has 1 aliphatic rings. The van der Waals surface area contributed by atoms with E-state index in [0.29, 0.717) is 5.56 Å². The number of hydrogen-bond acceptors (Lipinski definition) is 3. The molecule has 0 aliphatic carbocycles. The highest BCUT2D eigenvalue weighted by Crippen LogP contribution is 2.42. The molecule has 0 saturated carbocycles. The van der Waals surface area contributed by atoms with E-state index in [0.717, 1.165) is 0 Å². The van der Waals surface area contributed by atoms with Crippen LogP contribution in [0.4, 0.5) is 0 Å². The number of carboxylic acid groups (broad SMARTS) is 1. The summed E-state index contributed by atoms with van der Waals surface area (Å²) in [6, 6.07) is 8.79. The summed E-state index contributed by atoms with van der Waals surface area (Å²) in [7, 11) is 1.68. The summed E-state index contributed by atoms with van der Waals surface area (Å²) in [5.74, 6) is -1.47. The normalized spacial score (nSPS) is 23.9. The number of aliphatic carboxylic acids is 1. The highest BCUT2D eigenvalue weighted by molar-refractivity contribution is 6.01. The van der Waals surface area contributed by atoms with Gasteiger partial charge in [0.25, 0.3) is 5.91 Å². The van der Waals surface area contributed by atoms with Crippen molar-refractivity contribution < 1.29 is 19.5 Å². The second kappa shape index (κ2) is 6.50. The van der Waals surface area contributed by atoms with Crippen LogP contribution in [-0.2, 0) is 9.59 Å². The third-order valence-electron chi connectivity index (χ3n) is 4.76. The molecule has 2 amide bonds. The van der Waals surface area contributed by atoms with Crippen molar-refractivity contribution in [3.05, 3.63) is 35.9 Å². The second-order valence-corrected chi connectivity index (χ2v) is 7.86. The third kappa shape index (κ3) is 3.38. The number of amides is 2. The highest BCUT2D eigenvalue weighted by atomic mass is 16.4. The summed E-state index contributed by atoms with van der Waals surface area (Å²) in [6.45, 7) is 7.57. The number of carbonyl (C=O) groups is 3.